The Morgan fingerprint density at radius 2 is 1.78 bits per heavy atom. The van der Waals surface area contributed by atoms with E-state index in [-0.39, 0.29) is 5.78 Å². The summed E-state index contributed by atoms with van der Waals surface area (Å²) in [5.74, 6) is 1.42. The van der Waals surface area contributed by atoms with Gasteiger partial charge in [-0.1, -0.05) is 32.0 Å². The third kappa shape index (κ3) is 4.47. The van der Waals surface area contributed by atoms with E-state index in [1.165, 1.54) is 5.56 Å². The lowest BCUT2D eigenvalue weighted by atomic mass is 9.98. The van der Waals surface area contributed by atoms with Crippen LogP contribution in [0.15, 0.2) is 48.7 Å². The molecule has 6 heteroatoms. The molecule has 0 fully saturated rings. The fourth-order valence-electron chi connectivity index (χ4n) is 2.80. The minimum Gasteiger partial charge on any atom is -0.338 e. The number of aromatic nitrogens is 3. The first-order chi connectivity index (χ1) is 12.9. The minimum atomic E-state index is 0.0323. The molecule has 2 N–H and O–H groups in total. The monoisotopic (exact) mass is 361 g/mol. The van der Waals surface area contributed by atoms with Gasteiger partial charge in [0.05, 0.1) is 6.20 Å². The van der Waals surface area contributed by atoms with Crippen LogP contribution in [0.25, 0.3) is 0 Å². The normalized spacial score (nSPS) is 10.7. The number of benzene rings is 2. The maximum Gasteiger partial charge on any atom is 0.249 e. The number of nitrogens with zero attached hydrogens (tertiary/aromatic N) is 3. The highest BCUT2D eigenvalue weighted by Gasteiger charge is 2.11. The smallest absolute Gasteiger partial charge is 0.249 e. The first-order valence-corrected chi connectivity index (χ1v) is 8.88. The van der Waals surface area contributed by atoms with Gasteiger partial charge in [0.1, 0.15) is 0 Å². The van der Waals surface area contributed by atoms with Gasteiger partial charge < -0.3 is 10.6 Å². The highest BCUT2D eigenvalue weighted by molar-refractivity contribution is 5.94. The van der Waals surface area contributed by atoms with Gasteiger partial charge in [0, 0.05) is 16.9 Å². The third-order valence-corrected chi connectivity index (χ3v) is 4.29. The topological polar surface area (TPSA) is 79.8 Å². The van der Waals surface area contributed by atoms with Gasteiger partial charge in [-0.05, 0) is 55.2 Å². The van der Waals surface area contributed by atoms with Crippen molar-refractivity contribution in [1.29, 1.82) is 0 Å². The highest BCUT2D eigenvalue weighted by atomic mass is 16.1. The number of ketones is 1. The lowest BCUT2D eigenvalue weighted by Crippen LogP contribution is -2.05. The van der Waals surface area contributed by atoms with Crippen molar-refractivity contribution in [2.75, 3.05) is 10.6 Å². The average Bonchev–Trinajstić information content (AvgIpc) is 2.64. The van der Waals surface area contributed by atoms with Crippen LogP contribution >= 0.6 is 0 Å². The molecule has 0 saturated carbocycles. The molecule has 0 spiro atoms. The Labute approximate surface area is 159 Å². The van der Waals surface area contributed by atoms with E-state index in [9.17, 15) is 4.79 Å². The molecule has 3 aromatic rings. The summed E-state index contributed by atoms with van der Waals surface area (Å²) in [5, 5.41) is 14.6. The number of nitrogens with one attached hydrogen (secondary N) is 2. The van der Waals surface area contributed by atoms with Gasteiger partial charge in [-0.3, -0.25) is 4.79 Å². The molecule has 1 aromatic heterocycles. The van der Waals surface area contributed by atoms with Crippen molar-refractivity contribution in [3.8, 4) is 0 Å². The summed E-state index contributed by atoms with van der Waals surface area (Å²) < 4.78 is 0. The van der Waals surface area contributed by atoms with Gasteiger partial charge in [0.25, 0.3) is 0 Å². The molecule has 0 bridgehead atoms. The van der Waals surface area contributed by atoms with E-state index in [0.29, 0.717) is 23.2 Å². The quantitative estimate of drug-likeness (QED) is 0.602. The molecule has 0 aliphatic rings. The molecular formula is C21H23N5O. The Morgan fingerprint density at radius 1 is 1.04 bits per heavy atom. The molecule has 0 unspecified atom stereocenters. The maximum absolute atomic E-state index is 11.4. The summed E-state index contributed by atoms with van der Waals surface area (Å²) >= 11 is 0. The van der Waals surface area contributed by atoms with E-state index in [1.54, 1.807) is 25.3 Å². The molecule has 0 aliphatic carbocycles. The van der Waals surface area contributed by atoms with E-state index in [1.807, 2.05) is 12.1 Å². The Balaban J connectivity index is 1.81. The highest BCUT2D eigenvalue weighted by Crippen LogP contribution is 2.29. The van der Waals surface area contributed by atoms with E-state index >= 15 is 0 Å². The molecule has 0 saturated heterocycles. The largest absolute Gasteiger partial charge is 0.338 e. The first-order valence-electron chi connectivity index (χ1n) is 8.88. The van der Waals surface area contributed by atoms with Gasteiger partial charge >= 0.3 is 0 Å². The molecule has 0 radical (unpaired) electrons. The van der Waals surface area contributed by atoms with Gasteiger partial charge in [-0.15, -0.1) is 5.10 Å². The molecule has 0 atom stereocenters. The summed E-state index contributed by atoms with van der Waals surface area (Å²) in [7, 11) is 0. The number of aryl methyl sites for hydroxylation is 1. The zero-order valence-electron chi connectivity index (χ0n) is 15.9. The molecule has 3 rings (SSSR count). The number of rotatable bonds is 6. The van der Waals surface area contributed by atoms with Crippen LogP contribution < -0.4 is 10.6 Å². The van der Waals surface area contributed by atoms with Crippen LogP contribution in [-0.4, -0.2) is 21.0 Å². The summed E-state index contributed by atoms with van der Waals surface area (Å²) in [6.45, 7) is 7.94. The molecule has 0 aliphatic heterocycles. The van der Waals surface area contributed by atoms with Crippen LogP contribution in [0.3, 0.4) is 0 Å². The summed E-state index contributed by atoms with van der Waals surface area (Å²) in [6.07, 6.45) is 1.60. The number of anilines is 4. The maximum atomic E-state index is 11.4. The number of carbonyl (C=O) groups is 1. The second kappa shape index (κ2) is 7.95. The Morgan fingerprint density at radius 3 is 2.44 bits per heavy atom. The van der Waals surface area contributed by atoms with E-state index < -0.39 is 0 Å². The van der Waals surface area contributed by atoms with E-state index in [0.717, 1.165) is 16.9 Å². The van der Waals surface area contributed by atoms with Crippen molar-refractivity contribution in [1.82, 2.24) is 15.2 Å². The van der Waals surface area contributed by atoms with Crippen molar-refractivity contribution in [2.45, 2.75) is 33.6 Å². The van der Waals surface area contributed by atoms with Crippen molar-refractivity contribution in [3.05, 3.63) is 65.4 Å². The SMILES string of the molecule is CC(=O)c1ccc(Nc2nncc(Nc3c(C)cccc3C(C)C)n2)cc1. The molecule has 1 heterocycles. The van der Waals surface area contributed by atoms with Crippen molar-refractivity contribution < 1.29 is 4.79 Å². The summed E-state index contributed by atoms with van der Waals surface area (Å²) in [4.78, 5) is 15.9. The number of para-hydroxylation sites is 1. The fraction of sp³-hybridized carbons (Fsp3) is 0.238. The lowest BCUT2D eigenvalue weighted by Gasteiger charge is -2.16. The molecule has 0 amide bonds. The first kappa shape index (κ1) is 18.5. The predicted octanol–water partition coefficient (Wildman–Crippen LogP) is 4.99. The number of hydrogen-bond acceptors (Lipinski definition) is 6. The molecular weight excluding hydrogens is 338 g/mol. The lowest BCUT2D eigenvalue weighted by molar-refractivity contribution is 0.101. The number of carbonyl (C=O) groups excluding carboxylic acids is 1. The minimum absolute atomic E-state index is 0.0323. The second-order valence-electron chi connectivity index (χ2n) is 6.74. The number of hydrogen-bond donors (Lipinski definition) is 2. The Kier molecular flexibility index (Phi) is 5.45. The van der Waals surface area contributed by atoms with E-state index in [2.05, 4.69) is 64.8 Å². The Hall–Kier alpha value is -3.28. The van der Waals surface area contributed by atoms with Crippen molar-refractivity contribution in [2.24, 2.45) is 0 Å². The molecule has 2 aromatic carbocycles. The van der Waals surface area contributed by atoms with Gasteiger partial charge in [-0.2, -0.15) is 10.1 Å². The van der Waals surface area contributed by atoms with Crippen LogP contribution in [-0.2, 0) is 0 Å². The van der Waals surface area contributed by atoms with Crippen molar-refractivity contribution in [3.63, 3.8) is 0 Å². The summed E-state index contributed by atoms with van der Waals surface area (Å²) in [5.41, 5.74) is 4.87. The molecule has 27 heavy (non-hydrogen) atoms. The van der Waals surface area contributed by atoms with Gasteiger partial charge in [-0.25, -0.2) is 0 Å². The zero-order valence-corrected chi connectivity index (χ0v) is 15.9. The molecule has 138 valence electrons. The van der Waals surface area contributed by atoms with Crippen LogP contribution in [0.4, 0.5) is 23.1 Å². The van der Waals surface area contributed by atoms with Gasteiger partial charge in [0.2, 0.25) is 5.95 Å². The average molecular weight is 361 g/mol. The zero-order chi connectivity index (χ0) is 19.4. The van der Waals surface area contributed by atoms with Crippen LogP contribution in [0, 0.1) is 6.92 Å². The van der Waals surface area contributed by atoms with E-state index in [4.69, 9.17) is 0 Å². The van der Waals surface area contributed by atoms with Gasteiger partial charge in [0.15, 0.2) is 11.6 Å². The predicted molar refractivity (Wildman–Crippen MR) is 108 cm³/mol. The van der Waals surface area contributed by atoms with Crippen LogP contribution in [0.5, 0.6) is 0 Å². The summed E-state index contributed by atoms with van der Waals surface area (Å²) in [6, 6.07) is 13.4. The van der Waals surface area contributed by atoms with Crippen LogP contribution in [0.1, 0.15) is 48.2 Å². The number of Topliss-reactive ketones (excluding diaryl/α,β-unsaturated/α-hetero) is 1. The fourth-order valence-corrected chi connectivity index (χ4v) is 2.80. The third-order valence-electron chi connectivity index (χ3n) is 4.29. The molecule has 6 nitrogen and oxygen atoms in total. The van der Waals surface area contributed by atoms with Crippen LogP contribution in [0.2, 0.25) is 0 Å². The second-order valence-corrected chi connectivity index (χ2v) is 6.74. The standard InChI is InChI=1S/C21H23N5O/c1-13(2)18-7-5-6-14(3)20(18)24-19-12-22-26-21(25-19)23-17-10-8-16(9-11-17)15(4)27/h5-13H,1-4H3,(H2,23,24,25,26). The van der Waals surface area contributed by atoms with Crippen molar-refractivity contribution >= 4 is 28.9 Å². The Bertz CT molecular complexity index is 951.